The van der Waals surface area contributed by atoms with E-state index in [1.165, 1.54) is 6.92 Å². The Labute approximate surface area is 224 Å². The van der Waals surface area contributed by atoms with Crippen LogP contribution in [-0.4, -0.2) is 61.8 Å². The van der Waals surface area contributed by atoms with Crippen molar-refractivity contribution in [2.45, 2.75) is 26.2 Å². The monoisotopic (exact) mass is 567 g/mol. The summed E-state index contributed by atoms with van der Waals surface area (Å²) in [5, 5.41) is 23.6. The third-order valence-corrected chi connectivity index (χ3v) is 4.87. The Bertz CT molecular complexity index is 1320. The molecule has 0 saturated heterocycles. The summed E-state index contributed by atoms with van der Waals surface area (Å²) in [5.74, 6) is -4.21. The third kappa shape index (κ3) is 8.49. The number of amides is 3. The summed E-state index contributed by atoms with van der Waals surface area (Å²) in [4.78, 5) is 63.3. The van der Waals surface area contributed by atoms with Crippen molar-refractivity contribution in [3.8, 4) is 0 Å². The van der Waals surface area contributed by atoms with Gasteiger partial charge in [-0.1, -0.05) is 23.2 Å². The molecule has 0 aromatic carbocycles. The van der Waals surface area contributed by atoms with Gasteiger partial charge in [0.05, 0.1) is 12.4 Å². The van der Waals surface area contributed by atoms with Gasteiger partial charge >= 0.3 is 0 Å². The molecule has 0 bridgehead atoms. The molecule has 17 nitrogen and oxygen atoms in total. The topological polar surface area (TPSA) is 294 Å². The van der Waals surface area contributed by atoms with Crippen LogP contribution in [0.2, 0.25) is 10.3 Å². The highest BCUT2D eigenvalue weighted by Crippen LogP contribution is 2.20. The van der Waals surface area contributed by atoms with Crippen molar-refractivity contribution in [1.29, 1.82) is 10.8 Å². The molecule has 2 rings (SSSR count). The maximum absolute atomic E-state index is 12.2. The molecule has 2 aromatic rings. The van der Waals surface area contributed by atoms with Crippen molar-refractivity contribution in [3.05, 3.63) is 21.7 Å². The molecule has 0 aliphatic carbocycles. The molecule has 0 spiro atoms. The summed E-state index contributed by atoms with van der Waals surface area (Å²) >= 11 is 11.7. The SMILES string of the molecule is CC(=N)NC(=O)c1nc(Cl)c(NCC(=O)CCCC(=O)NC(=N)NC(=O)c2nc(Cl)c(N)nc2N)nc1N. The van der Waals surface area contributed by atoms with Crippen molar-refractivity contribution in [1.82, 2.24) is 35.9 Å². The van der Waals surface area contributed by atoms with Gasteiger partial charge in [0.2, 0.25) is 11.9 Å². The number of nitrogens with two attached hydrogens (primary N) is 3. The Hall–Kier alpha value is -4.64. The number of rotatable bonds is 9. The van der Waals surface area contributed by atoms with Crippen LogP contribution in [0.25, 0.3) is 0 Å². The Balaban J connectivity index is 1.78. The number of nitrogens with zero attached hydrogens (tertiary/aromatic N) is 4. The van der Waals surface area contributed by atoms with Gasteiger partial charge in [-0.15, -0.1) is 0 Å². The molecule has 0 radical (unpaired) electrons. The van der Waals surface area contributed by atoms with Crippen LogP contribution in [0.15, 0.2) is 0 Å². The van der Waals surface area contributed by atoms with E-state index in [-0.39, 0.29) is 82.4 Å². The number of nitrogens with one attached hydrogen (secondary N) is 6. The van der Waals surface area contributed by atoms with E-state index in [1.54, 1.807) is 0 Å². The van der Waals surface area contributed by atoms with E-state index < -0.39 is 23.7 Å². The molecule has 202 valence electrons. The number of hydrogen-bond acceptors (Lipinski definition) is 14. The van der Waals surface area contributed by atoms with Crippen LogP contribution in [0.4, 0.5) is 23.3 Å². The van der Waals surface area contributed by atoms with Gasteiger partial charge < -0.3 is 27.8 Å². The van der Waals surface area contributed by atoms with E-state index >= 15 is 0 Å². The lowest BCUT2D eigenvalue weighted by atomic mass is 10.1. The van der Waals surface area contributed by atoms with Gasteiger partial charge in [-0.2, -0.15) is 0 Å². The molecule has 0 aliphatic heterocycles. The van der Waals surface area contributed by atoms with Gasteiger partial charge in [-0.25, -0.2) is 19.9 Å². The highest BCUT2D eigenvalue weighted by molar-refractivity contribution is 6.32. The van der Waals surface area contributed by atoms with Crippen molar-refractivity contribution in [3.63, 3.8) is 0 Å². The second kappa shape index (κ2) is 13.1. The molecular weight excluding hydrogens is 545 g/mol. The maximum Gasteiger partial charge on any atom is 0.280 e. The number of nitrogen functional groups attached to an aromatic ring is 3. The largest absolute Gasteiger partial charge is 0.382 e. The number of amidine groups is 1. The Morgan fingerprint density at radius 2 is 1.37 bits per heavy atom. The van der Waals surface area contributed by atoms with Gasteiger partial charge in [0.25, 0.3) is 11.8 Å². The van der Waals surface area contributed by atoms with E-state index in [4.69, 9.17) is 51.2 Å². The van der Waals surface area contributed by atoms with Gasteiger partial charge in [0, 0.05) is 12.8 Å². The van der Waals surface area contributed by atoms with Crippen molar-refractivity contribution in [2.75, 3.05) is 29.1 Å². The normalized spacial score (nSPS) is 10.3. The lowest BCUT2D eigenvalue weighted by Crippen LogP contribution is -2.43. The Morgan fingerprint density at radius 1 is 0.789 bits per heavy atom. The fourth-order valence-electron chi connectivity index (χ4n) is 2.67. The predicted octanol–water partition coefficient (Wildman–Crippen LogP) is -0.321. The number of aromatic nitrogens is 4. The Kier molecular flexibility index (Phi) is 10.2. The molecule has 19 heteroatoms. The number of carbonyl (C=O) groups is 4. The summed E-state index contributed by atoms with van der Waals surface area (Å²) in [6.07, 6.45) is -0.0254. The zero-order valence-corrected chi connectivity index (χ0v) is 21.3. The summed E-state index contributed by atoms with van der Waals surface area (Å²) in [6.45, 7) is 1.13. The zero-order valence-electron chi connectivity index (χ0n) is 19.7. The van der Waals surface area contributed by atoms with Crippen LogP contribution in [0, 0.1) is 10.8 Å². The predicted molar refractivity (Wildman–Crippen MR) is 139 cm³/mol. The van der Waals surface area contributed by atoms with Gasteiger partial charge in [0.15, 0.2) is 50.7 Å². The first-order valence-corrected chi connectivity index (χ1v) is 11.3. The van der Waals surface area contributed by atoms with Crippen molar-refractivity contribution in [2.24, 2.45) is 0 Å². The summed E-state index contributed by atoms with van der Waals surface area (Å²) in [5.41, 5.74) is 16.0. The van der Waals surface area contributed by atoms with Gasteiger partial charge in [-0.05, 0) is 13.3 Å². The fourth-order valence-corrected chi connectivity index (χ4v) is 2.99. The van der Waals surface area contributed by atoms with Crippen LogP contribution in [0.1, 0.15) is 47.2 Å². The van der Waals surface area contributed by atoms with Gasteiger partial charge in [-0.3, -0.25) is 40.6 Å². The minimum Gasteiger partial charge on any atom is -0.382 e. The highest BCUT2D eigenvalue weighted by atomic mass is 35.5. The summed E-state index contributed by atoms with van der Waals surface area (Å²) in [7, 11) is 0. The van der Waals surface area contributed by atoms with Crippen LogP contribution >= 0.6 is 23.2 Å². The number of Topliss-reactive ketones (excluding diaryl/α,β-unsaturated/α-hetero) is 1. The number of halogens is 2. The maximum atomic E-state index is 12.2. The lowest BCUT2D eigenvalue weighted by Gasteiger charge is -2.11. The second-order valence-electron chi connectivity index (χ2n) is 7.43. The molecule has 0 saturated carbocycles. The number of ketones is 1. The molecule has 0 fully saturated rings. The molecule has 0 atom stereocenters. The van der Waals surface area contributed by atoms with Crippen LogP contribution in [0.3, 0.4) is 0 Å². The molecule has 12 N–H and O–H groups in total. The number of anilines is 4. The fraction of sp³-hybridized carbons (Fsp3) is 0.263. The van der Waals surface area contributed by atoms with Crippen molar-refractivity contribution >= 4 is 81.8 Å². The standard InChI is InChI=1S/C19H23Cl2N13O4/c1-6(22)28-17(37)10-14(24)33-16(12(21)31-10)27-5-7(35)3-2-4-8(36)29-19(26)34-18(38)9-13(23)32-15(25)11(20)30-9/h2-5H2,1H3,(H2,22,28,37)(H4,23,25,32)(H3,24,27,33)(H3,26,29,34,36,38). The third-order valence-electron chi connectivity index (χ3n) is 4.33. The molecule has 2 aromatic heterocycles. The smallest absolute Gasteiger partial charge is 0.280 e. The highest BCUT2D eigenvalue weighted by Gasteiger charge is 2.19. The number of carbonyl (C=O) groups excluding carboxylic acids is 4. The second-order valence-corrected chi connectivity index (χ2v) is 8.15. The van der Waals surface area contributed by atoms with Crippen molar-refractivity contribution < 1.29 is 19.2 Å². The van der Waals surface area contributed by atoms with E-state index in [1.807, 2.05) is 0 Å². The van der Waals surface area contributed by atoms with Crippen LogP contribution < -0.4 is 38.5 Å². The van der Waals surface area contributed by atoms with Gasteiger partial charge in [0.1, 0.15) is 0 Å². The average molecular weight is 568 g/mol. The average Bonchev–Trinajstić information content (AvgIpc) is 2.80. The molecule has 2 heterocycles. The number of hydrogen-bond donors (Lipinski definition) is 9. The number of guanidine groups is 1. The van der Waals surface area contributed by atoms with Crippen LogP contribution in [0.5, 0.6) is 0 Å². The first kappa shape index (κ1) is 29.6. The minimum absolute atomic E-state index is 0.0181. The summed E-state index contributed by atoms with van der Waals surface area (Å²) < 4.78 is 0. The summed E-state index contributed by atoms with van der Waals surface area (Å²) in [6, 6.07) is 0. The molecule has 38 heavy (non-hydrogen) atoms. The van der Waals surface area contributed by atoms with E-state index in [0.717, 1.165) is 0 Å². The quantitative estimate of drug-likeness (QED) is 0.139. The first-order valence-electron chi connectivity index (χ1n) is 10.5. The Morgan fingerprint density at radius 3 is 2.00 bits per heavy atom. The zero-order chi connectivity index (χ0) is 28.6. The first-order chi connectivity index (χ1) is 17.8. The molecule has 3 amide bonds. The van der Waals surface area contributed by atoms with E-state index in [9.17, 15) is 19.2 Å². The molecule has 0 aliphatic rings. The van der Waals surface area contributed by atoms with E-state index in [0.29, 0.717) is 0 Å². The van der Waals surface area contributed by atoms with Crippen LogP contribution in [-0.2, 0) is 9.59 Å². The molecule has 0 unspecified atom stereocenters. The van der Waals surface area contributed by atoms with E-state index in [2.05, 4.69) is 41.2 Å². The minimum atomic E-state index is -0.940. The molecular formula is C19H23Cl2N13O4. The lowest BCUT2D eigenvalue weighted by molar-refractivity contribution is -0.120.